The number of benzene rings is 4. The SMILES string of the molecule is COc1ccccc1-c1cccc2c1ccc1ccccc12. The summed E-state index contributed by atoms with van der Waals surface area (Å²) in [5, 5.41) is 5.09. The predicted octanol–water partition coefficient (Wildman–Crippen LogP) is 5.67. The van der Waals surface area contributed by atoms with Crippen LogP contribution in [0.1, 0.15) is 0 Å². The maximum absolute atomic E-state index is 5.54. The summed E-state index contributed by atoms with van der Waals surface area (Å²) in [5.74, 6) is 0.906. The molecule has 0 saturated carbocycles. The van der Waals surface area contributed by atoms with Crippen molar-refractivity contribution in [2.75, 3.05) is 7.11 Å². The van der Waals surface area contributed by atoms with Crippen LogP contribution in [0, 0.1) is 0 Å². The lowest BCUT2D eigenvalue weighted by Gasteiger charge is -2.12. The molecule has 0 aliphatic carbocycles. The van der Waals surface area contributed by atoms with Gasteiger partial charge in [-0.05, 0) is 33.2 Å². The molecular formula is C21H16O. The number of methoxy groups -OCH3 is 1. The number of para-hydroxylation sites is 1. The van der Waals surface area contributed by atoms with Gasteiger partial charge in [-0.2, -0.15) is 0 Å². The van der Waals surface area contributed by atoms with E-state index in [0.717, 1.165) is 11.3 Å². The average molecular weight is 284 g/mol. The molecule has 0 radical (unpaired) electrons. The van der Waals surface area contributed by atoms with Crippen LogP contribution in [0.5, 0.6) is 5.75 Å². The second kappa shape index (κ2) is 5.19. The molecule has 0 aliphatic heterocycles. The Hall–Kier alpha value is -2.80. The zero-order chi connectivity index (χ0) is 14.9. The molecule has 1 nitrogen and oxygen atoms in total. The lowest BCUT2D eigenvalue weighted by Crippen LogP contribution is -1.88. The second-order valence-electron chi connectivity index (χ2n) is 5.39. The summed E-state index contributed by atoms with van der Waals surface area (Å²) in [6.45, 7) is 0. The van der Waals surface area contributed by atoms with Crippen LogP contribution >= 0.6 is 0 Å². The number of fused-ring (bicyclic) bond motifs is 3. The molecule has 4 aromatic rings. The van der Waals surface area contributed by atoms with Gasteiger partial charge in [0.2, 0.25) is 0 Å². The van der Waals surface area contributed by atoms with Crippen LogP contribution < -0.4 is 4.74 Å². The zero-order valence-electron chi connectivity index (χ0n) is 12.4. The summed E-state index contributed by atoms with van der Waals surface area (Å²) >= 11 is 0. The van der Waals surface area contributed by atoms with Crippen molar-refractivity contribution >= 4 is 21.5 Å². The van der Waals surface area contributed by atoms with Crippen LogP contribution in [0.15, 0.2) is 78.9 Å². The Morgan fingerprint density at radius 2 is 1.27 bits per heavy atom. The molecule has 0 unspecified atom stereocenters. The molecule has 0 atom stereocenters. The van der Waals surface area contributed by atoms with Gasteiger partial charge in [0.05, 0.1) is 7.11 Å². The molecule has 106 valence electrons. The summed E-state index contributed by atoms with van der Waals surface area (Å²) in [7, 11) is 1.72. The molecule has 0 amide bonds. The van der Waals surface area contributed by atoms with Gasteiger partial charge < -0.3 is 4.74 Å². The lowest BCUT2D eigenvalue weighted by atomic mass is 9.94. The van der Waals surface area contributed by atoms with Gasteiger partial charge >= 0.3 is 0 Å². The van der Waals surface area contributed by atoms with E-state index < -0.39 is 0 Å². The Kier molecular flexibility index (Phi) is 3.05. The van der Waals surface area contributed by atoms with Crippen molar-refractivity contribution in [3.63, 3.8) is 0 Å². The summed E-state index contributed by atoms with van der Waals surface area (Å²) in [6, 6.07) is 27.6. The van der Waals surface area contributed by atoms with Gasteiger partial charge in [0.15, 0.2) is 0 Å². The molecule has 22 heavy (non-hydrogen) atoms. The first-order chi connectivity index (χ1) is 10.9. The number of rotatable bonds is 2. The molecule has 0 bridgehead atoms. The average Bonchev–Trinajstić information content (AvgIpc) is 2.61. The first kappa shape index (κ1) is 12.9. The van der Waals surface area contributed by atoms with Crippen LogP contribution in [0.4, 0.5) is 0 Å². The molecule has 0 aromatic heterocycles. The number of hydrogen-bond acceptors (Lipinski definition) is 1. The normalized spacial score (nSPS) is 11.0. The Labute approximate surface area is 129 Å². The Morgan fingerprint density at radius 3 is 2.18 bits per heavy atom. The van der Waals surface area contributed by atoms with Crippen molar-refractivity contribution in [2.45, 2.75) is 0 Å². The molecule has 4 rings (SSSR count). The van der Waals surface area contributed by atoms with Gasteiger partial charge in [-0.15, -0.1) is 0 Å². The highest BCUT2D eigenvalue weighted by atomic mass is 16.5. The molecule has 1 heteroatoms. The molecule has 0 N–H and O–H groups in total. The van der Waals surface area contributed by atoms with Crippen molar-refractivity contribution in [1.29, 1.82) is 0 Å². The number of ether oxygens (including phenoxy) is 1. The maximum Gasteiger partial charge on any atom is 0.126 e. The van der Waals surface area contributed by atoms with Crippen molar-refractivity contribution in [2.24, 2.45) is 0 Å². The van der Waals surface area contributed by atoms with E-state index in [1.54, 1.807) is 7.11 Å². The van der Waals surface area contributed by atoms with E-state index in [1.165, 1.54) is 27.1 Å². The van der Waals surface area contributed by atoms with Crippen LogP contribution in [0.2, 0.25) is 0 Å². The third kappa shape index (κ3) is 1.94. The monoisotopic (exact) mass is 284 g/mol. The van der Waals surface area contributed by atoms with Gasteiger partial charge in [0.25, 0.3) is 0 Å². The fourth-order valence-electron chi connectivity index (χ4n) is 3.14. The topological polar surface area (TPSA) is 9.23 Å². The van der Waals surface area contributed by atoms with E-state index in [-0.39, 0.29) is 0 Å². The van der Waals surface area contributed by atoms with Crippen LogP contribution in [0.25, 0.3) is 32.7 Å². The van der Waals surface area contributed by atoms with E-state index in [0.29, 0.717) is 0 Å². The van der Waals surface area contributed by atoms with Gasteiger partial charge in [0, 0.05) is 5.56 Å². The standard InChI is InChI=1S/C21H16O/c1-22-21-12-5-4-9-20(21)18-11-6-10-17-16-8-3-2-7-15(16)13-14-19(17)18/h2-14H,1H3. The van der Waals surface area contributed by atoms with Crippen molar-refractivity contribution in [1.82, 2.24) is 0 Å². The fourth-order valence-corrected chi connectivity index (χ4v) is 3.14. The third-order valence-electron chi connectivity index (χ3n) is 4.18. The molecule has 4 aromatic carbocycles. The lowest BCUT2D eigenvalue weighted by molar-refractivity contribution is 0.416. The van der Waals surface area contributed by atoms with Crippen molar-refractivity contribution in [3.8, 4) is 16.9 Å². The summed E-state index contributed by atoms with van der Waals surface area (Å²) in [4.78, 5) is 0. The number of hydrogen-bond donors (Lipinski definition) is 0. The van der Waals surface area contributed by atoms with Gasteiger partial charge in [-0.25, -0.2) is 0 Å². The largest absolute Gasteiger partial charge is 0.496 e. The van der Waals surface area contributed by atoms with Crippen molar-refractivity contribution in [3.05, 3.63) is 78.9 Å². The van der Waals surface area contributed by atoms with Gasteiger partial charge in [-0.1, -0.05) is 72.8 Å². The Balaban J connectivity index is 2.09. The Morgan fingerprint density at radius 1 is 0.545 bits per heavy atom. The Bertz CT molecular complexity index is 970. The van der Waals surface area contributed by atoms with Crippen LogP contribution in [-0.2, 0) is 0 Å². The highest BCUT2D eigenvalue weighted by Crippen LogP contribution is 2.37. The quantitative estimate of drug-likeness (QED) is 0.431. The molecular weight excluding hydrogens is 268 g/mol. The first-order valence-electron chi connectivity index (χ1n) is 7.42. The maximum atomic E-state index is 5.54. The van der Waals surface area contributed by atoms with E-state index in [2.05, 4.69) is 66.7 Å². The minimum atomic E-state index is 0.906. The van der Waals surface area contributed by atoms with Crippen LogP contribution in [-0.4, -0.2) is 7.11 Å². The van der Waals surface area contributed by atoms with Gasteiger partial charge in [0.1, 0.15) is 5.75 Å². The zero-order valence-corrected chi connectivity index (χ0v) is 12.4. The second-order valence-corrected chi connectivity index (χ2v) is 5.39. The fraction of sp³-hybridized carbons (Fsp3) is 0.0476. The van der Waals surface area contributed by atoms with E-state index in [4.69, 9.17) is 4.74 Å². The summed E-state index contributed by atoms with van der Waals surface area (Å²) in [6.07, 6.45) is 0. The first-order valence-corrected chi connectivity index (χ1v) is 7.42. The molecule has 0 spiro atoms. The highest BCUT2D eigenvalue weighted by Gasteiger charge is 2.09. The smallest absolute Gasteiger partial charge is 0.126 e. The molecule has 0 aliphatic rings. The summed E-state index contributed by atoms with van der Waals surface area (Å²) < 4.78 is 5.54. The predicted molar refractivity (Wildman–Crippen MR) is 93.4 cm³/mol. The van der Waals surface area contributed by atoms with Crippen molar-refractivity contribution < 1.29 is 4.74 Å². The molecule has 0 saturated heterocycles. The summed E-state index contributed by atoms with van der Waals surface area (Å²) in [5.41, 5.74) is 2.34. The minimum absolute atomic E-state index is 0.906. The minimum Gasteiger partial charge on any atom is -0.496 e. The molecule has 0 heterocycles. The van der Waals surface area contributed by atoms with E-state index in [9.17, 15) is 0 Å². The van der Waals surface area contributed by atoms with E-state index in [1.807, 2.05) is 12.1 Å². The highest BCUT2D eigenvalue weighted by molar-refractivity contribution is 6.12. The van der Waals surface area contributed by atoms with Crippen LogP contribution in [0.3, 0.4) is 0 Å². The van der Waals surface area contributed by atoms with E-state index >= 15 is 0 Å². The molecule has 0 fully saturated rings. The third-order valence-corrected chi connectivity index (χ3v) is 4.18. The van der Waals surface area contributed by atoms with Gasteiger partial charge in [-0.3, -0.25) is 0 Å².